The van der Waals surface area contributed by atoms with Gasteiger partial charge in [0, 0.05) is 5.69 Å². The number of nitrogens with one attached hydrogen (secondary N) is 1. The summed E-state index contributed by atoms with van der Waals surface area (Å²) in [6, 6.07) is 6.73. The van der Waals surface area contributed by atoms with Crippen molar-refractivity contribution in [3.05, 3.63) is 40.4 Å². The Morgan fingerprint density at radius 2 is 2.00 bits per heavy atom. The molecule has 1 aromatic carbocycles. The Morgan fingerprint density at radius 3 is 2.62 bits per heavy atom. The van der Waals surface area contributed by atoms with Crippen molar-refractivity contribution in [3.63, 3.8) is 0 Å². The van der Waals surface area contributed by atoms with Crippen LogP contribution in [0.2, 0.25) is 0 Å². The number of carboxylic acid groups (broad SMARTS) is 1. The number of amides is 1. The molecule has 2 aromatic rings. The molecule has 21 heavy (non-hydrogen) atoms. The van der Waals surface area contributed by atoms with Gasteiger partial charge in [0.05, 0.1) is 12.1 Å². The van der Waals surface area contributed by atoms with E-state index in [-0.39, 0.29) is 12.3 Å². The molecule has 1 heterocycles. The van der Waals surface area contributed by atoms with Crippen LogP contribution in [0, 0.1) is 0 Å². The summed E-state index contributed by atoms with van der Waals surface area (Å²) in [5.41, 5.74) is 2.01. The Labute approximate surface area is 126 Å². The van der Waals surface area contributed by atoms with Gasteiger partial charge in [-0.3, -0.25) is 9.59 Å². The van der Waals surface area contributed by atoms with E-state index in [0.717, 1.165) is 24.4 Å². The SMILES string of the molecule is CCCc1nnsc1C(=O)Nc1ccc(CC(=O)O)cc1. The molecule has 6 nitrogen and oxygen atoms in total. The minimum absolute atomic E-state index is 0.0341. The minimum atomic E-state index is -0.883. The number of aryl methyl sites for hydroxylation is 1. The highest BCUT2D eigenvalue weighted by atomic mass is 32.1. The monoisotopic (exact) mass is 305 g/mol. The quantitative estimate of drug-likeness (QED) is 0.854. The maximum Gasteiger partial charge on any atom is 0.307 e. The van der Waals surface area contributed by atoms with Crippen molar-refractivity contribution in [2.75, 3.05) is 5.32 Å². The number of aromatic nitrogens is 2. The fourth-order valence-electron chi connectivity index (χ4n) is 1.85. The van der Waals surface area contributed by atoms with E-state index < -0.39 is 5.97 Å². The molecule has 0 spiro atoms. The molecular weight excluding hydrogens is 290 g/mol. The fraction of sp³-hybridized carbons (Fsp3) is 0.286. The van der Waals surface area contributed by atoms with Crippen LogP contribution in [0.5, 0.6) is 0 Å². The molecule has 2 N–H and O–H groups in total. The van der Waals surface area contributed by atoms with Gasteiger partial charge in [0.25, 0.3) is 5.91 Å². The van der Waals surface area contributed by atoms with Gasteiger partial charge in [0.15, 0.2) is 0 Å². The van der Waals surface area contributed by atoms with Crippen LogP contribution >= 0.6 is 11.5 Å². The smallest absolute Gasteiger partial charge is 0.307 e. The van der Waals surface area contributed by atoms with Crippen molar-refractivity contribution in [3.8, 4) is 0 Å². The zero-order chi connectivity index (χ0) is 15.2. The van der Waals surface area contributed by atoms with Crippen LogP contribution in [0.3, 0.4) is 0 Å². The number of rotatable bonds is 6. The van der Waals surface area contributed by atoms with Gasteiger partial charge in [0.1, 0.15) is 4.88 Å². The topological polar surface area (TPSA) is 92.2 Å². The van der Waals surface area contributed by atoms with E-state index in [9.17, 15) is 9.59 Å². The molecule has 0 atom stereocenters. The molecule has 110 valence electrons. The Kier molecular flexibility index (Phi) is 4.99. The third-order valence-corrected chi connectivity index (χ3v) is 3.58. The molecule has 0 aliphatic heterocycles. The van der Waals surface area contributed by atoms with Gasteiger partial charge in [-0.25, -0.2) is 0 Å². The van der Waals surface area contributed by atoms with E-state index in [0.29, 0.717) is 21.8 Å². The van der Waals surface area contributed by atoms with Gasteiger partial charge in [0.2, 0.25) is 0 Å². The molecule has 0 unspecified atom stereocenters. The lowest BCUT2D eigenvalue weighted by Gasteiger charge is -2.05. The van der Waals surface area contributed by atoms with Crippen molar-refractivity contribution in [2.24, 2.45) is 0 Å². The van der Waals surface area contributed by atoms with Gasteiger partial charge in [-0.15, -0.1) is 5.10 Å². The van der Waals surface area contributed by atoms with E-state index in [1.807, 2.05) is 6.92 Å². The van der Waals surface area contributed by atoms with Crippen LogP contribution in [-0.4, -0.2) is 26.6 Å². The van der Waals surface area contributed by atoms with Crippen LogP contribution < -0.4 is 5.32 Å². The van der Waals surface area contributed by atoms with Crippen molar-refractivity contribution < 1.29 is 14.7 Å². The first kappa shape index (κ1) is 15.1. The Balaban J connectivity index is 2.05. The Bertz CT molecular complexity index is 637. The van der Waals surface area contributed by atoms with Crippen molar-refractivity contribution >= 4 is 29.1 Å². The average Bonchev–Trinajstić information content (AvgIpc) is 2.89. The fourth-order valence-corrected chi connectivity index (χ4v) is 2.45. The summed E-state index contributed by atoms with van der Waals surface area (Å²) in [7, 11) is 0. The van der Waals surface area contributed by atoms with Crippen LogP contribution in [-0.2, 0) is 17.6 Å². The lowest BCUT2D eigenvalue weighted by atomic mass is 10.1. The molecule has 0 radical (unpaired) electrons. The highest BCUT2D eigenvalue weighted by Gasteiger charge is 2.15. The molecule has 1 amide bonds. The number of benzene rings is 1. The molecule has 0 saturated heterocycles. The molecule has 0 aliphatic carbocycles. The standard InChI is InChI=1S/C14H15N3O3S/c1-2-3-11-13(21-17-16-11)14(20)15-10-6-4-9(5-7-10)8-12(18)19/h4-7H,2-3,8H2,1H3,(H,15,20)(H,18,19). The number of hydrogen-bond donors (Lipinski definition) is 2. The van der Waals surface area contributed by atoms with Crippen molar-refractivity contribution in [1.29, 1.82) is 0 Å². The molecule has 0 saturated carbocycles. The summed E-state index contributed by atoms with van der Waals surface area (Å²) in [6.07, 6.45) is 1.58. The molecule has 2 rings (SSSR count). The first-order chi connectivity index (χ1) is 10.1. The van der Waals surface area contributed by atoms with Gasteiger partial charge in [-0.2, -0.15) is 0 Å². The van der Waals surface area contributed by atoms with E-state index in [1.165, 1.54) is 0 Å². The van der Waals surface area contributed by atoms with Crippen molar-refractivity contribution in [2.45, 2.75) is 26.2 Å². The number of carboxylic acids is 1. The van der Waals surface area contributed by atoms with E-state index in [1.54, 1.807) is 24.3 Å². The molecular formula is C14H15N3O3S. The second-order valence-electron chi connectivity index (χ2n) is 4.52. The van der Waals surface area contributed by atoms with Crippen LogP contribution in [0.1, 0.15) is 34.3 Å². The summed E-state index contributed by atoms with van der Waals surface area (Å²) >= 11 is 1.08. The first-order valence-electron chi connectivity index (χ1n) is 6.53. The first-order valence-corrected chi connectivity index (χ1v) is 7.30. The van der Waals surface area contributed by atoms with Gasteiger partial charge in [-0.05, 0) is 35.6 Å². The average molecular weight is 305 g/mol. The van der Waals surface area contributed by atoms with Crippen LogP contribution in [0.15, 0.2) is 24.3 Å². The van der Waals surface area contributed by atoms with Gasteiger partial charge in [-0.1, -0.05) is 30.0 Å². The predicted molar refractivity (Wildman–Crippen MR) is 79.6 cm³/mol. The number of aliphatic carboxylic acids is 1. The molecule has 1 aromatic heterocycles. The predicted octanol–water partition coefficient (Wildman–Crippen LogP) is 2.37. The summed E-state index contributed by atoms with van der Waals surface area (Å²) in [5.74, 6) is -1.12. The summed E-state index contributed by atoms with van der Waals surface area (Å²) < 4.78 is 3.82. The molecule has 0 aliphatic rings. The van der Waals surface area contributed by atoms with E-state index in [4.69, 9.17) is 5.11 Å². The van der Waals surface area contributed by atoms with Crippen molar-refractivity contribution in [1.82, 2.24) is 9.59 Å². The summed E-state index contributed by atoms with van der Waals surface area (Å²) in [5, 5.41) is 15.4. The zero-order valence-corrected chi connectivity index (χ0v) is 12.3. The second kappa shape index (κ2) is 6.94. The van der Waals surface area contributed by atoms with Gasteiger partial charge < -0.3 is 10.4 Å². The number of carbonyl (C=O) groups is 2. The van der Waals surface area contributed by atoms with E-state index >= 15 is 0 Å². The lowest BCUT2D eigenvalue weighted by molar-refractivity contribution is -0.136. The highest BCUT2D eigenvalue weighted by Crippen LogP contribution is 2.16. The number of nitrogens with zero attached hydrogens (tertiary/aromatic N) is 2. The van der Waals surface area contributed by atoms with Crippen LogP contribution in [0.25, 0.3) is 0 Å². The maximum atomic E-state index is 12.2. The van der Waals surface area contributed by atoms with Gasteiger partial charge >= 0.3 is 5.97 Å². The second-order valence-corrected chi connectivity index (χ2v) is 5.27. The normalized spacial score (nSPS) is 10.3. The zero-order valence-electron chi connectivity index (χ0n) is 11.5. The maximum absolute atomic E-state index is 12.2. The number of carbonyl (C=O) groups excluding carboxylic acids is 1. The molecule has 7 heteroatoms. The Morgan fingerprint density at radius 1 is 1.29 bits per heavy atom. The third kappa shape index (κ3) is 4.09. The summed E-state index contributed by atoms with van der Waals surface area (Å²) in [6.45, 7) is 2.02. The minimum Gasteiger partial charge on any atom is -0.481 e. The third-order valence-electron chi connectivity index (χ3n) is 2.82. The summed E-state index contributed by atoms with van der Waals surface area (Å²) in [4.78, 5) is 23.3. The molecule has 0 fully saturated rings. The largest absolute Gasteiger partial charge is 0.481 e. The van der Waals surface area contributed by atoms with E-state index in [2.05, 4.69) is 14.9 Å². The number of hydrogen-bond acceptors (Lipinski definition) is 5. The Hall–Kier alpha value is -2.28. The molecule has 0 bridgehead atoms. The van der Waals surface area contributed by atoms with Crippen LogP contribution in [0.4, 0.5) is 5.69 Å². The number of anilines is 1. The highest BCUT2D eigenvalue weighted by molar-refractivity contribution is 7.08. The lowest BCUT2D eigenvalue weighted by Crippen LogP contribution is -2.12.